The van der Waals surface area contributed by atoms with Crippen LogP contribution in [0.3, 0.4) is 0 Å². The van der Waals surface area contributed by atoms with Crippen LogP contribution in [0.1, 0.15) is 44.7 Å². The van der Waals surface area contributed by atoms with E-state index in [1.807, 2.05) is 30.2 Å². The summed E-state index contributed by atoms with van der Waals surface area (Å²) in [6, 6.07) is 10.8. The van der Waals surface area contributed by atoms with Crippen LogP contribution in [-0.2, 0) is 13.1 Å². The number of nitrogens with one attached hydrogen (secondary N) is 2. The lowest BCUT2D eigenvalue weighted by Gasteiger charge is -2.21. The molecule has 0 aliphatic carbocycles. The first-order valence-corrected chi connectivity index (χ1v) is 10.4. The fraction of sp³-hybridized carbons (Fsp3) is 0.545. The van der Waals surface area contributed by atoms with Gasteiger partial charge in [0.05, 0.1) is 6.54 Å². The molecule has 1 unspecified atom stereocenters. The van der Waals surface area contributed by atoms with E-state index in [0.29, 0.717) is 6.04 Å². The Hall–Kier alpha value is -1.61. The minimum absolute atomic E-state index is 0. The molecule has 0 fully saturated rings. The second-order valence-corrected chi connectivity index (χ2v) is 7.11. The Bertz CT molecular complexity index is 697. The van der Waals surface area contributed by atoms with Gasteiger partial charge in [-0.15, -0.1) is 24.0 Å². The van der Waals surface area contributed by atoms with Crippen molar-refractivity contribution in [2.75, 3.05) is 26.7 Å². The van der Waals surface area contributed by atoms with E-state index < -0.39 is 0 Å². The predicted molar refractivity (Wildman–Crippen MR) is 133 cm³/mol. The maximum Gasteiger partial charge on any atom is 0.191 e. The zero-order valence-electron chi connectivity index (χ0n) is 18.3. The lowest BCUT2D eigenvalue weighted by molar-refractivity contribution is 0.292. The van der Waals surface area contributed by atoms with Gasteiger partial charge in [0.2, 0.25) is 0 Å². The van der Waals surface area contributed by atoms with E-state index >= 15 is 0 Å². The summed E-state index contributed by atoms with van der Waals surface area (Å²) >= 11 is 0. The van der Waals surface area contributed by atoms with Crippen LogP contribution >= 0.6 is 24.0 Å². The number of benzene rings is 1. The molecule has 0 saturated heterocycles. The van der Waals surface area contributed by atoms with Gasteiger partial charge in [-0.05, 0) is 56.6 Å². The van der Waals surface area contributed by atoms with E-state index in [2.05, 4.69) is 70.7 Å². The number of hydrogen-bond donors (Lipinski definition) is 2. The Morgan fingerprint density at radius 3 is 2.52 bits per heavy atom. The number of rotatable bonds is 11. The molecule has 0 amide bonds. The van der Waals surface area contributed by atoms with Crippen molar-refractivity contribution in [2.45, 2.75) is 52.7 Å². The van der Waals surface area contributed by atoms with Crippen LogP contribution in [-0.4, -0.2) is 53.4 Å². The van der Waals surface area contributed by atoms with Crippen molar-refractivity contribution in [2.24, 2.45) is 4.99 Å². The minimum Gasteiger partial charge on any atom is -0.354 e. The van der Waals surface area contributed by atoms with Gasteiger partial charge in [-0.2, -0.15) is 5.10 Å². The van der Waals surface area contributed by atoms with Gasteiger partial charge in [-0.25, -0.2) is 0 Å². The Balaban J connectivity index is 0.00000420. The molecule has 162 valence electrons. The van der Waals surface area contributed by atoms with E-state index in [4.69, 9.17) is 0 Å². The number of halogens is 1. The minimum atomic E-state index is 0. The van der Waals surface area contributed by atoms with Gasteiger partial charge in [0.1, 0.15) is 0 Å². The van der Waals surface area contributed by atoms with E-state index in [1.165, 1.54) is 17.5 Å². The molecule has 1 atom stereocenters. The third kappa shape index (κ3) is 9.16. The van der Waals surface area contributed by atoms with Crippen LogP contribution in [0, 0.1) is 0 Å². The number of nitrogens with zero attached hydrogens (tertiary/aromatic N) is 4. The van der Waals surface area contributed by atoms with Gasteiger partial charge in [-0.1, -0.05) is 38.1 Å². The van der Waals surface area contributed by atoms with Gasteiger partial charge in [0, 0.05) is 32.0 Å². The molecule has 0 radical (unpaired) electrons. The van der Waals surface area contributed by atoms with Crippen molar-refractivity contribution < 1.29 is 0 Å². The molecule has 0 saturated carbocycles. The SMILES string of the molecule is CCN(CC)CCCC(C)NC(=NC)NCc1ccccc1Cn1cccn1.I. The second kappa shape index (κ2) is 14.4. The number of aliphatic imine (C=N–C) groups is 1. The van der Waals surface area contributed by atoms with Gasteiger partial charge in [0.25, 0.3) is 0 Å². The standard InChI is InChI=1S/C22H36N6.HI/c1-5-27(6-2)15-9-11-19(3)26-22(23-4)24-17-20-12-7-8-13-21(20)18-28-16-10-14-25-28;/h7-8,10,12-14,16,19H,5-6,9,11,15,17-18H2,1-4H3,(H2,23,24,26);1H. The molecular weight excluding hydrogens is 475 g/mol. The molecule has 0 spiro atoms. The fourth-order valence-electron chi connectivity index (χ4n) is 3.29. The molecule has 2 N–H and O–H groups in total. The Labute approximate surface area is 193 Å². The lowest BCUT2D eigenvalue weighted by atomic mass is 10.1. The van der Waals surface area contributed by atoms with Gasteiger partial charge in [0.15, 0.2) is 5.96 Å². The van der Waals surface area contributed by atoms with Crippen molar-refractivity contribution in [3.63, 3.8) is 0 Å². The normalized spacial score (nSPS) is 12.5. The van der Waals surface area contributed by atoms with Gasteiger partial charge < -0.3 is 15.5 Å². The van der Waals surface area contributed by atoms with Crippen LogP contribution in [0.4, 0.5) is 0 Å². The summed E-state index contributed by atoms with van der Waals surface area (Å²) in [5.74, 6) is 0.851. The van der Waals surface area contributed by atoms with Crippen LogP contribution < -0.4 is 10.6 Å². The third-order valence-electron chi connectivity index (χ3n) is 5.07. The fourth-order valence-corrected chi connectivity index (χ4v) is 3.29. The van der Waals surface area contributed by atoms with E-state index in [1.54, 1.807) is 0 Å². The topological polar surface area (TPSA) is 57.5 Å². The number of guanidine groups is 1. The molecule has 1 aromatic carbocycles. The van der Waals surface area contributed by atoms with Crippen molar-refractivity contribution in [3.05, 3.63) is 53.9 Å². The molecule has 6 nitrogen and oxygen atoms in total. The monoisotopic (exact) mass is 512 g/mol. The number of aromatic nitrogens is 2. The molecule has 0 aliphatic heterocycles. The first-order chi connectivity index (χ1) is 13.7. The summed E-state index contributed by atoms with van der Waals surface area (Å²) in [6.07, 6.45) is 6.13. The molecule has 0 aliphatic rings. The molecule has 2 rings (SSSR count). The first kappa shape index (κ1) is 25.4. The van der Waals surface area contributed by atoms with Crippen molar-refractivity contribution >= 4 is 29.9 Å². The van der Waals surface area contributed by atoms with E-state index in [0.717, 1.165) is 45.1 Å². The summed E-state index contributed by atoms with van der Waals surface area (Å²) in [5.41, 5.74) is 2.52. The molecule has 1 aromatic heterocycles. The molecule has 2 aromatic rings. The van der Waals surface area contributed by atoms with Crippen LogP contribution in [0.2, 0.25) is 0 Å². The summed E-state index contributed by atoms with van der Waals surface area (Å²) in [6.45, 7) is 11.6. The van der Waals surface area contributed by atoms with E-state index in [-0.39, 0.29) is 24.0 Å². The number of hydrogen-bond acceptors (Lipinski definition) is 3. The first-order valence-electron chi connectivity index (χ1n) is 10.4. The summed E-state index contributed by atoms with van der Waals surface area (Å²) in [5, 5.41) is 11.3. The van der Waals surface area contributed by atoms with Crippen molar-refractivity contribution in [3.8, 4) is 0 Å². The maximum absolute atomic E-state index is 4.39. The van der Waals surface area contributed by atoms with Crippen LogP contribution in [0.5, 0.6) is 0 Å². The highest BCUT2D eigenvalue weighted by Crippen LogP contribution is 2.10. The Kier molecular flexibility index (Phi) is 12.6. The molecule has 1 heterocycles. The molecule has 29 heavy (non-hydrogen) atoms. The highest BCUT2D eigenvalue weighted by Gasteiger charge is 2.08. The average molecular weight is 512 g/mol. The van der Waals surface area contributed by atoms with Crippen molar-refractivity contribution in [1.29, 1.82) is 0 Å². The van der Waals surface area contributed by atoms with E-state index in [9.17, 15) is 0 Å². The Morgan fingerprint density at radius 1 is 1.17 bits per heavy atom. The highest BCUT2D eigenvalue weighted by atomic mass is 127. The Morgan fingerprint density at radius 2 is 1.90 bits per heavy atom. The lowest BCUT2D eigenvalue weighted by Crippen LogP contribution is -2.42. The molecular formula is C22H37IN6. The largest absolute Gasteiger partial charge is 0.354 e. The van der Waals surface area contributed by atoms with Crippen LogP contribution in [0.15, 0.2) is 47.7 Å². The zero-order chi connectivity index (χ0) is 20.2. The summed E-state index contributed by atoms with van der Waals surface area (Å²) in [4.78, 5) is 6.86. The highest BCUT2D eigenvalue weighted by molar-refractivity contribution is 14.0. The smallest absolute Gasteiger partial charge is 0.191 e. The summed E-state index contributed by atoms with van der Waals surface area (Å²) in [7, 11) is 1.83. The predicted octanol–water partition coefficient (Wildman–Crippen LogP) is 3.72. The zero-order valence-corrected chi connectivity index (χ0v) is 20.6. The van der Waals surface area contributed by atoms with Gasteiger partial charge in [-0.3, -0.25) is 9.67 Å². The third-order valence-corrected chi connectivity index (χ3v) is 5.07. The average Bonchev–Trinajstić information content (AvgIpc) is 3.22. The van der Waals surface area contributed by atoms with Crippen molar-refractivity contribution in [1.82, 2.24) is 25.3 Å². The molecule has 0 bridgehead atoms. The maximum atomic E-state index is 4.39. The molecule has 7 heteroatoms. The van der Waals surface area contributed by atoms with Gasteiger partial charge >= 0.3 is 0 Å². The second-order valence-electron chi connectivity index (χ2n) is 7.11. The van der Waals surface area contributed by atoms with Crippen LogP contribution in [0.25, 0.3) is 0 Å². The summed E-state index contributed by atoms with van der Waals surface area (Å²) < 4.78 is 1.95. The quantitative estimate of drug-likeness (QED) is 0.274.